The quantitative estimate of drug-likeness (QED) is 0.728. The van der Waals surface area contributed by atoms with E-state index in [1.165, 1.54) is 0 Å². The maximum absolute atomic E-state index is 13.0. The summed E-state index contributed by atoms with van der Waals surface area (Å²) in [5, 5.41) is 23.8. The molecule has 0 fully saturated rings. The Kier molecular flexibility index (Phi) is 5.34. The molecule has 2 aliphatic rings. The van der Waals surface area contributed by atoms with Crippen LogP contribution < -0.4 is 5.11 Å². The van der Waals surface area contributed by atoms with Crippen LogP contribution in [0.3, 0.4) is 0 Å². The van der Waals surface area contributed by atoms with Crippen molar-refractivity contribution in [2.75, 3.05) is 0 Å². The molecule has 1 unspecified atom stereocenters. The van der Waals surface area contributed by atoms with E-state index in [0.717, 1.165) is 4.47 Å². The fourth-order valence-electron chi connectivity index (χ4n) is 4.39. The van der Waals surface area contributed by atoms with Gasteiger partial charge in [0, 0.05) is 35.2 Å². The number of rotatable bonds is 3. The zero-order valence-electron chi connectivity index (χ0n) is 16.8. The van der Waals surface area contributed by atoms with Gasteiger partial charge in [-0.3, -0.25) is 9.59 Å². The van der Waals surface area contributed by atoms with Gasteiger partial charge in [0.1, 0.15) is 5.76 Å². The number of aliphatic hydroxyl groups is 1. The first kappa shape index (κ1) is 20.8. The molecule has 0 heterocycles. The van der Waals surface area contributed by atoms with Crippen molar-refractivity contribution in [2.24, 2.45) is 10.8 Å². The largest absolute Gasteiger partial charge is 0.875 e. The average molecular weight is 446 g/mol. The number of carbonyl (C=O) groups excluding carboxylic acids is 2. The summed E-state index contributed by atoms with van der Waals surface area (Å²) in [6.07, 6.45) is 1.14. The Hall–Kier alpha value is -1.88. The van der Waals surface area contributed by atoms with E-state index in [4.69, 9.17) is 0 Å². The Balaban J connectivity index is 2.23. The van der Waals surface area contributed by atoms with E-state index < -0.39 is 11.3 Å². The zero-order chi connectivity index (χ0) is 20.9. The second-order valence-electron chi connectivity index (χ2n) is 9.57. The van der Waals surface area contributed by atoms with Crippen molar-refractivity contribution in [1.82, 2.24) is 0 Å². The van der Waals surface area contributed by atoms with Crippen LogP contribution in [0.15, 0.2) is 51.4 Å². The van der Waals surface area contributed by atoms with Crippen molar-refractivity contribution in [2.45, 2.75) is 59.3 Å². The first-order chi connectivity index (χ1) is 12.9. The SMILES string of the molecule is CC1(C)CC(=O)C(C(C2=C(O)CC(C)(C)CC2=O)c2cccc(Br)c2)=C([O-])C1. The second-order valence-corrected chi connectivity index (χ2v) is 10.5. The predicted octanol–water partition coefficient (Wildman–Crippen LogP) is 4.74. The molecule has 0 amide bonds. The van der Waals surface area contributed by atoms with Gasteiger partial charge in [-0.15, -0.1) is 5.76 Å². The fourth-order valence-corrected chi connectivity index (χ4v) is 4.81. The molecule has 0 spiro atoms. The summed E-state index contributed by atoms with van der Waals surface area (Å²) >= 11 is 3.43. The van der Waals surface area contributed by atoms with E-state index in [1.54, 1.807) is 6.07 Å². The number of Topliss-reactive ketones (excluding diaryl/α,β-unsaturated/α-hetero) is 2. The minimum absolute atomic E-state index is 0.0100. The third-order valence-electron chi connectivity index (χ3n) is 5.53. The lowest BCUT2D eigenvalue weighted by atomic mass is 9.67. The van der Waals surface area contributed by atoms with Crippen LogP contribution in [0.2, 0.25) is 0 Å². The van der Waals surface area contributed by atoms with Gasteiger partial charge in [0.2, 0.25) is 0 Å². The van der Waals surface area contributed by atoms with Gasteiger partial charge in [-0.25, -0.2) is 0 Å². The molecule has 4 nitrogen and oxygen atoms in total. The smallest absolute Gasteiger partial charge is 0.163 e. The van der Waals surface area contributed by atoms with Crippen molar-refractivity contribution in [3.8, 4) is 0 Å². The van der Waals surface area contributed by atoms with Crippen molar-refractivity contribution in [3.05, 3.63) is 57.0 Å². The lowest BCUT2D eigenvalue weighted by Gasteiger charge is -2.40. The molecule has 150 valence electrons. The predicted molar refractivity (Wildman–Crippen MR) is 110 cm³/mol. The minimum Gasteiger partial charge on any atom is -0.875 e. The number of carbonyl (C=O) groups is 2. The van der Waals surface area contributed by atoms with Gasteiger partial charge < -0.3 is 10.2 Å². The number of hydrogen-bond donors (Lipinski definition) is 1. The molecule has 0 saturated heterocycles. The highest BCUT2D eigenvalue weighted by molar-refractivity contribution is 9.10. The maximum atomic E-state index is 13.0. The monoisotopic (exact) mass is 445 g/mol. The zero-order valence-corrected chi connectivity index (χ0v) is 18.4. The van der Waals surface area contributed by atoms with Crippen molar-refractivity contribution < 1.29 is 19.8 Å². The van der Waals surface area contributed by atoms with Gasteiger partial charge in [0.15, 0.2) is 11.6 Å². The molecule has 0 aromatic heterocycles. The van der Waals surface area contributed by atoms with Gasteiger partial charge in [0.25, 0.3) is 0 Å². The summed E-state index contributed by atoms with van der Waals surface area (Å²) < 4.78 is 0.787. The third-order valence-corrected chi connectivity index (χ3v) is 6.03. The molecule has 0 aliphatic heterocycles. The molecule has 3 rings (SSSR count). The standard InChI is InChI=1S/C23H27BrO4/c1-22(2)9-15(25)20(16(26)10-22)19(13-6-5-7-14(24)8-13)21-17(27)11-23(3,4)12-18(21)28/h5-8,19,25,27H,9-12H2,1-4H3/p-1. The summed E-state index contributed by atoms with van der Waals surface area (Å²) in [5.41, 5.74) is 0.259. The average Bonchev–Trinajstić information content (AvgIpc) is 2.49. The van der Waals surface area contributed by atoms with Crippen LogP contribution in [0.5, 0.6) is 0 Å². The number of hydrogen-bond acceptors (Lipinski definition) is 4. The van der Waals surface area contributed by atoms with Gasteiger partial charge in [-0.2, -0.15) is 0 Å². The molecule has 1 aromatic carbocycles. The van der Waals surface area contributed by atoms with Gasteiger partial charge in [0.05, 0.1) is 0 Å². The molecule has 0 bridgehead atoms. The Morgan fingerprint density at radius 3 is 2.07 bits per heavy atom. The Morgan fingerprint density at radius 1 is 0.964 bits per heavy atom. The molecule has 1 aromatic rings. The molecule has 5 heteroatoms. The maximum Gasteiger partial charge on any atom is 0.163 e. The Bertz CT molecular complexity index is 853. The summed E-state index contributed by atoms with van der Waals surface area (Å²) in [6, 6.07) is 7.27. The third kappa shape index (κ3) is 4.09. The van der Waals surface area contributed by atoms with Crippen LogP contribution in [0, 0.1) is 10.8 Å². The Labute approximate surface area is 174 Å². The van der Waals surface area contributed by atoms with Crippen LogP contribution in [0.4, 0.5) is 0 Å². The highest BCUT2D eigenvalue weighted by Crippen LogP contribution is 2.47. The van der Waals surface area contributed by atoms with Crippen LogP contribution >= 0.6 is 15.9 Å². The summed E-state index contributed by atoms with van der Waals surface area (Å²) in [6.45, 7) is 7.66. The van der Waals surface area contributed by atoms with Crippen LogP contribution in [0.25, 0.3) is 0 Å². The van der Waals surface area contributed by atoms with E-state index in [1.807, 2.05) is 45.9 Å². The molecule has 1 N–H and O–H groups in total. The first-order valence-corrected chi connectivity index (χ1v) is 10.3. The molecule has 0 saturated carbocycles. The van der Waals surface area contributed by atoms with Crippen LogP contribution in [-0.4, -0.2) is 16.7 Å². The lowest BCUT2D eigenvalue weighted by Crippen LogP contribution is -2.35. The molecular formula is C23H26BrO4-. The normalized spacial score (nSPS) is 23.2. The highest BCUT2D eigenvalue weighted by atomic mass is 79.9. The fraction of sp³-hybridized carbons (Fsp3) is 0.478. The van der Waals surface area contributed by atoms with E-state index in [-0.39, 0.29) is 58.9 Å². The van der Waals surface area contributed by atoms with Crippen LogP contribution in [0.1, 0.15) is 64.9 Å². The molecule has 0 radical (unpaired) electrons. The number of benzene rings is 1. The van der Waals surface area contributed by atoms with Gasteiger partial charge >= 0.3 is 0 Å². The van der Waals surface area contributed by atoms with Crippen molar-refractivity contribution >= 4 is 27.5 Å². The lowest BCUT2D eigenvalue weighted by molar-refractivity contribution is -0.312. The number of aliphatic hydroxyl groups excluding tert-OH is 1. The van der Waals surface area contributed by atoms with Gasteiger partial charge in [-0.1, -0.05) is 55.8 Å². The molecule has 28 heavy (non-hydrogen) atoms. The number of allylic oxidation sites excluding steroid dienone is 4. The van der Waals surface area contributed by atoms with Gasteiger partial charge in [-0.05, 0) is 40.5 Å². The molecule has 2 aliphatic carbocycles. The Morgan fingerprint density at radius 2 is 1.54 bits per heavy atom. The summed E-state index contributed by atoms with van der Waals surface area (Å²) in [4.78, 5) is 26.1. The van der Waals surface area contributed by atoms with E-state index in [2.05, 4.69) is 15.9 Å². The highest BCUT2D eigenvalue weighted by Gasteiger charge is 2.41. The van der Waals surface area contributed by atoms with Crippen LogP contribution in [-0.2, 0) is 9.59 Å². The second kappa shape index (κ2) is 7.18. The summed E-state index contributed by atoms with van der Waals surface area (Å²) in [7, 11) is 0. The van der Waals surface area contributed by atoms with Crippen molar-refractivity contribution in [3.63, 3.8) is 0 Å². The molecular weight excluding hydrogens is 420 g/mol. The number of halogens is 1. The topological polar surface area (TPSA) is 77.4 Å². The van der Waals surface area contributed by atoms with E-state index >= 15 is 0 Å². The van der Waals surface area contributed by atoms with E-state index in [9.17, 15) is 19.8 Å². The minimum atomic E-state index is -0.822. The number of ketones is 2. The van der Waals surface area contributed by atoms with E-state index in [0.29, 0.717) is 12.0 Å². The summed E-state index contributed by atoms with van der Waals surface area (Å²) in [5.74, 6) is -1.49. The van der Waals surface area contributed by atoms with Crippen molar-refractivity contribution in [1.29, 1.82) is 0 Å². The molecule has 1 atom stereocenters. The first-order valence-electron chi connectivity index (χ1n) is 9.54.